The third-order valence-electron chi connectivity index (χ3n) is 2.35. The van der Waals surface area contributed by atoms with E-state index in [0.29, 0.717) is 16.5 Å². The van der Waals surface area contributed by atoms with Gasteiger partial charge in [-0.2, -0.15) is 15.0 Å². The predicted octanol–water partition coefficient (Wildman–Crippen LogP) is 3.16. The lowest BCUT2D eigenvalue weighted by Crippen LogP contribution is -2.11. The van der Waals surface area contributed by atoms with E-state index in [1.165, 1.54) is 18.2 Å². The van der Waals surface area contributed by atoms with E-state index in [1.807, 2.05) is 13.8 Å². The smallest absolute Gasteiger partial charge is 0.322 e. The number of benzene rings is 1. The number of hydrogen-bond donors (Lipinski definition) is 1. The zero-order valence-corrected chi connectivity index (χ0v) is 12.1. The van der Waals surface area contributed by atoms with Crippen molar-refractivity contribution >= 4 is 17.5 Å². The molecule has 2 aromatic rings. The van der Waals surface area contributed by atoms with Gasteiger partial charge in [-0.05, 0) is 32.0 Å². The standard InChI is InChI=1S/C13H14ClFN4O/c1-7(2)20-13-18-11(17-12(16-3)19-13)9-6-8(15)4-5-10(9)14/h4-7H,1-3H3,(H,16,17,18,19). The SMILES string of the molecule is CNc1nc(OC(C)C)nc(-c2cc(F)ccc2Cl)n1. The van der Waals surface area contributed by atoms with Crippen LogP contribution < -0.4 is 10.1 Å². The molecular weight excluding hydrogens is 283 g/mol. The molecule has 5 nitrogen and oxygen atoms in total. The minimum atomic E-state index is -0.415. The molecule has 7 heteroatoms. The number of ether oxygens (including phenoxy) is 1. The number of hydrogen-bond acceptors (Lipinski definition) is 5. The van der Waals surface area contributed by atoms with Gasteiger partial charge in [0.2, 0.25) is 5.95 Å². The Kier molecular flexibility index (Phi) is 4.34. The van der Waals surface area contributed by atoms with Crippen LogP contribution in [-0.4, -0.2) is 28.1 Å². The maximum atomic E-state index is 13.3. The van der Waals surface area contributed by atoms with Gasteiger partial charge in [-0.25, -0.2) is 4.39 Å². The number of halogens is 2. The van der Waals surface area contributed by atoms with Crippen molar-refractivity contribution in [3.8, 4) is 17.4 Å². The average molecular weight is 297 g/mol. The molecule has 0 unspecified atom stereocenters. The lowest BCUT2D eigenvalue weighted by molar-refractivity contribution is 0.222. The minimum Gasteiger partial charge on any atom is -0.461 e. The highest BCUT2D eigenvalue weighted by Gasteiger charge is 2.13. The lowest BCUT2D eigenvalue weighted by atomic mass is 10.2. The molecule has 2 rings (SSSR count). The van der Waals surface area contributed by atoms with E-state index in [9.17, 15) is 4.39 Å². The highest BCUT2D eigenvalue weighted by molar-refractivity contribution is 6.33. The van der Waals surface area contributed by atoms with Gasteiger partial charge in [-0.3, -0.25) is 0 Å². The van der Waals surface area contributed by atoms with Crippen LogP contribution in [0.5, 0.6) is 6.01 Å². The highest BCUT2D eigenvalue weighted by Crippen LogP contribution is 2.27. The zero-order valence-electron chi connectivity index (χ0n) is 11.3. The first-order valence-electron chi connectivity index (χ1n) is 6.05. The first-order valence-corrected chi connectivity index (χ1v) is 6.43. The number of rotatable bonds is 4. The van der Waals surface area contributed by atoms with E-state index in [4.69, 9.17) is 16.3 Å². The van der Waals surface area contributed by atoms with Gasteiger partial charge in [-0.1, -0.05) is 11.6 Å². The van der Waals surface area contributed by atoms with Crippen molar-refractivity contribution in [2.75, 3.05) is 12.4 Å². The van der Waals surface area contributed by atoms with Crippen molar-refractivity contribution in [3.63, 3.8) is 0 Å². The van der Waals surface area contributed by atoms with Crippen LogP contribution >= 0.6 is 11.6 Å². The molecule has 0 atom stereocenters. The quantitative estimate of drug-likeness (QED) is 0.939. The van der Waals surface area contributed by atoms with Gasteiger partial charge in [-0.15, -0.1) is 0 Å². The summed E-state index contributed by atoms with van der Waals surface area (Å²) in [7, 11) is 1.67. The maximum Gasteiger partial charge on any atom is 0.322 e. The van der Waals surface area contributed by atoms with Crippen LogP contribution in [-0.2, 0) is 0 Å². The molecule has 0 saturated carbocycles. The fourth-order valence-corrected chi connectivity index (χ4v) is 1.72. The van der Waals surface area contributed by atoms with E-state index >= 15 is 0 Å². The first kappa shape index (κ1) is 14.5. The number of nitrogens with one attached hydrogen (secondary N) is 1. The van der Waals surface area contributed by atoms with E-state index in [0.717, 1.165) is 0 Å². The molecule has 0 fully saturated rings. The van der Waals surface area contributed by atoms with Gasteiger partial charge in [0.15, 0.2) is 5.82 Å². The van der Waals surface area contributed by atoms with Gasteiger partial charge in [0, 0.05) is 12.6 Å². The largest absolute Gasteiger partial charge is 0.461 e. The van der Waals surface area contributed by atoms with Crippen LogP contribution in [0.25, 0.3) is 11.4 Å². The number of aromatic nitrogens is 3. The molecule has 0 amide bonds. The van der Waals surface area contributed by atoms with Crippen molar-refractivity contribution in [2.45, 2.75) is 20.0 Å². The Morgan fingerprint density at radius 1 is 1.25 bits per heavy atom. The van der Waals surface area contributed by atoms with Crippen LogP contribution in [0.1, 0.15) is 13.8 Å². The van der Waals surface area contributed by atoms with E-state index < -0.39 is 5.82 Å². The fourth-order valence-electron chi connectivity index (χ4n) is 1.52. The molecule has 106 valence electrons. The van der Waals surface area contributed by atoms with Gasteiger partial charge >= 0.3 is 6.01 Å². The molecule has 0 bridgehead atoms. The molecule has 0 aliphatic carbocycles. The zero-order chi connectivity index (χ0) is 14.7. The van der Waals surface area contributed by atoms with Crippen LogP contribution in [0.3, 0.4) is 0 Å². The summed E-state index contributed by atoms with van der Waals surface area (Å²) >= 11 is 6.06. The van der Waals surface area contributed by atoms with Gasteiger partial charge < -0.3 is 10.1 Å². The molecule has 0 aliphatic rings. The van der Waals surface area contributed by atoms with Crippen LogP contribution in [0, 0.1) is 5.82 Å². The van der Waals surface area contributed by atoms with Gasteiger partial charge in [0.05, 0.1) is 11.1 Å². The second kappa shape index (κ2) is 6.00. The lowest BCUT2D eigenvalue weighted by Gasteiger charge is -2.11. The van der Waals surface area contributed by atoms with Crippen molar-refractivity contribution in [3.05, 3.63) is 29.0 Å². The summed E-state index contributed by atoms with van der Waals surface area (Å²) in [5, 5.41) is 3.16. The van der Waals surface area contributed by atoms with Crippen LogP contribution in [0.4, 0.5) is 10.3 Å². The van der Waals surface area contributed by atoms with Crippen molar-refractivity contribution in [2.24, 2.45) is 0 Å². The molecular formula is C13H14ClFN4O. The molecule has 0 radical (unpaired) electrons. The van der Waals surface area contributed by atoms with Crippen LogP contribution in [0.15, 0.2) is 18.2 Å². The Balaban J connectivity index is 2.52. The van der Waals surface area contributed by atoms with E-state index in [-0.39, 0.29) is 17.9 Å². The summed E-state index contributed by atoms with van der Waals surface area (Å²) in [6, 6.07) is 4.17. The van der Waals surface area contributed by atoms with E-state index in [2.05, 4.69) is 20.3 Å². The third kappa shape index (κ3) is 3.33. The normalized spacial score (nSPS) is 10.7. The number of anilines is 1. The first-order chi connectivity index (χ1) is 9.49. The Bertz CT molecular complexity index is 621. The summed E-state index contributed by atoms with van der Waals surface area (Å²) in [5.41, 5.74) is 0.388. The number of nitrogens with zero attached hydrogens (tertiary/aromatic N) is 3. The molecule has 1 heterocycles. The molecule has 1 N–H and O–H groups in total. The van der Waals surface area contributed by atoms with Crippen molar-refractivity contribution < 1.29 is 9.13 Å². The third-order valence-corrected chi connectivity index (χ3v) is 2.68. The van der Waals surface area contributed by atoms with E-state index in [1.54, 1.807) is 7.05 Å². The molecule has 20 heavy (non-hydrogen) atoms. The molecule has 0 aliphatic heterocycles. The summed E-state index contributed by atoms with van der Waals surface area (Å²) in [5.74, 6) is 0.164. The topological polar surface area (TPSA) is 59.9 Å². The van der Waals surface area contributed by atoms with Crippen molar-refractivity contribution in [1.29, 1.82) is 0 Å². The molecule has 0 saturated heterocycles. The Hall–Kier alpha value is -1.95. The Labute approximate surface area is 121 Å². The fraction of sp³-hybridized carbons (Fsp3) is 0.308. The highest BCUT2D eigenvalue weighted by atomic mass is 35.5. The van der Waals surface area contributed by atoms with Crippen molar-refractivity contribution in [1.82, 2.24) is 15.0 Å². The second-order valence-electron chi connectivity index (χ2n) is 4.31. The van der Waals surface area contributed by atoms with Gasteiger partial charge in [0.1, 0.15) is 5.82 Å². The minimum absolute atomic E-state index is 0.0852. The Morgan fingerprint density at radius 3 is 2.65 bits per heavy atom. The van der Waals surface area contributed by atoms with Gasteiger partial charge in [0.25, 0.3) is 0 Å². The summed E-state index contributed by atoms with van der Waals surface area (Å²) < 4.78 is 18.8. The van der Waals surface area contributed by atoms with Crippen LogP contribution in [0.2, 0.25) is 5.02 Å². The maximum absolute atomic E-state index is 13.3. The molecule has 1 aromatic heterocycles. The summed E-state index contributed by atoms with van der Waals surface area (Å²) in [6.07, 6.45) is -0.0852. The summed E-state index contributed by atoms with van der Waals surface area (Å²) in [4.78, 5) is 12.4. The second-order valence-corrected chi connectivity index (χ2v) is 4.71. The monoisotopic (exact) mass is 296 g/mol. The predicted molar refractivity (Wildman–Crippen MR) is 75.5 cm³/mol. The molecule has 0 spiro atoms. The molecule has 1 aromatic carbocycles. The summed E-state index contributed by atoms with van der Waals surface area (Å²) in [6.45, 7) is 3.72. The Morgan fingerprint density at radius 2 is 2.00 bits per heavy atom. The average Bonchev–Trinajstić information content (AvgIpc) is 2.40.